The number of nitrogens with one attached hydrogen (secondary N) is 1. The van der Waals surface area contributed by atoms with Crippen molar-refractivity contribution in [3.8, 4) is 5.75 Å². The third-order valence-electron chi connectivity index (χ3n) is 2.91. The van der Waals surface area contributed by atoms with Crippen LogP contribution in [-0.4, -0.2) is 21.6 Å². The van der Waals surface area contributed by atoms with E-state index in [4.69, 9.17) is 4.74 Å². The van der Waals surface area contributed by atoms with Crippen LogP contribution in [0.5, 0.6) is 5.75 Å². The summed E-state index contributed by atoms with van der Waals surface area (Å²) in [6.45, 7) is 1.45. The molecule has 2 aromatic rings. The summed E-state index contributed by atoms with van der Waals surface area (Å²) in [5.74, 6) is -0.960. The minimum atomic E-state index is -3.76. The SMILES string of the molecule is Cc1cc(F)ccc1S(=O)(=O)NCCOc1ccccc1F. The van der Waals surface area contributed by atoms with Gasteiger partial charge in [0.1, 0.15) is 12.4 Å². The van der Waals surface area contributed by atoms with Crippen LogP contribution in [0.25, 0.3) is 0 Å². The standard InChI is InChI=1S/C15H15F2NO3S/c1-11-10-12(16)6-7-15(11)22(19,20)18-8-9-21-14-5-3-2-4-13(14)17/h2-7,10,18H,8-9H2,1H3. The van der Waals surface area contributed by atoms with Gasteiger partial charge in [-0.15, -0.1) is 0 Å². The van der Waals surface area contributed by atoms with E-state index >= 15 is 0 Å². The van der Waals surface area contributed by atoms with E-state index in [1.807, 2.05) is 0 Å². The largest absolute Gasteiger partial charge is 0.489 e. The fourth-order valence-corrected chi connectivity index (χ4v) is 3.13. The zero-order chi connectivity index (χ0) is 16.2. The van der Waals surface area contributed by atoms with Gasteiger partial charge in [0.2, 0.25) is 10.0 Å². The van der Waals surface area contributed by atoms with Gasteiger partial charge in [0.15, 0.2) is 11.6 Å². The molecule has 4 nitrogen and oxygen atoms in total. The number of hydrogen-bond acceptors (Lipinski definition) is 3. The Labute approximate surface area is 127 Å². The van der Waals surface area contributed by atoms with Gasteiger partial charge >= 0.3 is 0 Å². The van der Waals surface area contributed by atoms with Crippen LogP contribution >= 0.6 is 0 Å². The van der Waals surface area contributed by atoms with Gasteiger partial charge in [-0.3, -0.25) is 0 Å². The zero-order valence-corrected chi connectivity index (χ0v) is 12.7. The molecule has 22 heavy (non-hydrogen) atoms. The molecule has 2 rings (SSSR count). The first-order chi connectivity index (χ1) is 10.4. The van der Waals surface area contributed by atoms with Crippen molar-refractivity contribution in [1.82, 2.24) is 4.72 Å². The molecule has 0 saturated heterocycles. The van der Waals surface area contributed by atoms with Gasteiger partial charge < -0.3 is 4.74 Å². The number of ether oxygens (including phenoxy) is 1. The monoisotopic (exact) mass is 327 g/mol. The molecule has 0 aliphatic rings. The van der Waals surface area contributed by atoms with Crippen LogP contribution in [0.1, 0.15) is 5.56 Å². The summed E-state index contributed by atoms with van der Waals surface area (Å²) in [5, 5.41) is 0. The fourth-order valence-electron chi connectivity index (χ4n) is 1.89. The Bertz CT molecular complexity index is 763. The van der Waals surface area contributed by atoms with Crippen molar-refractivity contribution in [1.29, 1.82) is 0 Å². The van der Waals surface area contributed by atoms with Crippen LogP contribution in [0.3, 0.4) is 0 Å². The lowest BCUT2D eigenvalue weighted by molar-refractivity contribution is 0.306. The molecule has 0 spiro atoms. The van der Waals surface area contributed by atoms with Gasteiger partial charge in [-0.1, -0.05) is 12.1 Å². The Morgan fingerprint density at radius 2 is 1.86 bits per heavy atom. The van der Waals surface area contributed by atoms with Crippen molar-refractivity contribution < 1.29 is 21.9 Å². The van der Waals surface area contributed by atoms with Crippen LogP contribution in [0, 0.1) is 18.6 Å². The average molecular weight is 327 g/mol. The second-order valence-corrected chi connectivity index (χ2v) is 6.32. The molecule has 0 saturated carbocycles. The molecule has 0 aliphatic heterocycles. The third-order valence-corrected chi connectivity index (χ3v) is 4.54. The first-order valence-corrected chi connectivity index (χ1v) is 8.01. The number of aryl methyl sites for hydroxylation is 1. The first-order valence-electron chi connectivity index (χ1n) is 6.53. The maximum atomic E-state index is 13.3. The third kappa shape index (κ3) is 4.02. The molecule has 0 aliphatic carbocycles. The van der Waals surface area contributed by atoms with Crippen molar-refractivity contribution in [2.24, 2.45) is 0 Å². The zero-order valence-electron chi connectivity index (χ0n) is 11.8. The van der Waals surface area contributed by atoms with Crippen molar-refractivity contribution in [2.75, 3.05) is 13.2 Å². The molecule has 0 aromatic heterocycles. The minimum Gasteiger partial charge on any atom is -0.489 e. The number of para-hydroxylation sites is 1. The molecule has 2 aromatic carbocycles. The van der Waals surface area contributed by atoms with Crippen LogP contribution in [0.4, 0.5) is 8.78 Å². The lowest BCUT2D eigenvalue weighted by atomic mass is 10.2. The van der Waals surface area contributed by atoms with Gasteiger partial charge in [0, 0.05) is 6.54 Å². The molecule has 7 heteroatoms. The molecule has 0 radical (unpaired) electrons. The Balaban J connectivity index is 1.94. The molecular formula is C15H15F2NO3S. The maximum absolute atomic E-state index is 13.3. The lowest BCUT2D eigenvalue weighted by Gasteiger charge is -2.10. The van der Waals surface area contributed by atoms with Crippen LogP contribution in [-0.2, 0) is 10.0 Å². The number of sulfonamides is 1. The molecule has 0 amide bonds. The average Bonchev–Trinajstić information content (AvgIpc) is 2.45. The van der Waals surface area contributed by atoms with E-state index in [2.05, 4.69) is 4.72 Å². The topological polar surface area (TPSA) is 55.4 Å². The summed E-state index contributed by atoms with van der Waals surface area (Å²) in [5.41, 5.74) is 0.308. The minimum absolute atomic E-state index is 0.000193. The van der Waals surface area contributed by atoms with Crippen LogP contribution in [0.2, 0.25) is 0 Å². The van der Waals surface area contributed by atoms with Crippen LogP contribution in [0.15, 0.2) is 47.4 Å². The molecule has 118 valence electrons. The second-order valence-electron chi connectivity index (χ2n) is 4.59. The van der Waals surface area contributed by atoms with E-state index in [-0.39, 0.29) is 23.8 Å². The highest BCUT2D eigenvalue weighted by atomic mass is 32.2. The Morgan fingerprint density at radius 1 is 1.14 bits per heavy atom. The summed E-state index contributed by atoms with van der Waals surface area (Å²) in [4.78, 5) is -0.000193. The normalized spacial score (nSPS) is 11.4. The number of halogens is 2. The van der Waals surface area contributed by atoms with Gasteiger partial charge in [-0.2, -0.15) is 0 Å². The highest BCUT2D eigenvalue weighted by Crippen LogP contribution is 2.16. The number of benzene rings is 2. The molecule has 0 atom stereocenters. The Hall–Kier alpha value is -1.99. The molecule has 1 N–H and O–H groups in total. The van der Waals surface area contributed by atoms with E-state index in [0.717, 1.165) is 12.1 Å². The van der Waals surface area contributed by atoms with Crippen LogP contribution < -0.4 is 9.46 Å². The van der Waals surface area contributed by atoms with E-state index in [1.165, 1.54) is 31.2 Å². The number of hydrogen-bond donors (Lipinski definition) is 1. The van der Waals surface area contributed by atoms with Gasteiger partial charge in [0.05, 0.1) is 4.90 Å². The predicted octanol–water partition coefficient (Wildman–Crippen LogP) is 2.63. The molecule has 0 heterocycles. The highest BCUT2D eigenvalue weighted by molar-refractivity contribution is 7.89. The summed E-state index contributed by atoms with van der Waals surface area (Å²) in [7, 11) is -3.76. The van der Waals surface area contributed by atoms with Crippen molar-refractivity contribution in [3.63, 3.8) is 0 Å². The highest BCUT2D eigenvalue weighted by Gasteiger charge is 2.16. The predicted molar refractivity (Wildman–Crippen MR) is 78.2 cm³/mol. The Morgan fingerprint density at radius 3 is 2.55 bits per heavy atom. The van der Waals surface area contributed by atoms with E-state index < -0.39 is 21.7 Å². The second kappa shape index (κ2) is 6.85. The summed E-state index contributed by atoms with van der Waals surface area (Å²) >= 11 is 0. The first kappa shape index (κ1) is 16.4. The summed E-state index contributed by atoms with van der Waals surface area (Å²) < 4.78 is 57.9. The molecular weight excluding hydrogens is 312 g/mol. The quantitative estimate of drug-likeness (QED) is 0.830. The van der Waals surface area contributed by atoms with E-state index in [9.17, 15) is 17.2 Å². The van der Waals surface area contributed by atoms with Crippen molar-refractivity contribution in [3.05, 3.63) is 59.7 Å². The fraction of sp³-hybridized carbons (Fsp3) is 0.200. The summed E-state index contributed by atoms with van der Waals surface area (Å²) in [6, 6.07) is 9.27. The molecule has 0 unspecified atom stereocenters. The number of rotatable bonds is 6. The van der Waals surface area contributed by atoms with Crippen molar-refractivity contribution >= 4 is 10.0 Å². The van der Waals surface area contributed by atoms with E-state index in [0.29, 0.717) is 5.56 Å². The van der Waals surface area contributed by atoms with Crippen molar-refractivity contribution in [2.45, 2.75) is 11.8 Å². The van der Waals surface area contributed by atoms with Gasteiger partial charge in [-0.05, 0) is 42.8 Å². The molecule has 0 bridgehead atoms. The smallest absolute Gasteiger partial charge is 0.240 e. The van der Waals surface area contributed by atoms with Gasteiger partial charge in [-0.25, -0.2) is 21.9 Å². The van der Waals surface area contributed by atoms with E-state index in [1.54, 1.807) is 6.07 Å². The summed E-state index contributed by atoms with van der Waals surface area (Å²) in [6.07, 6.45) is 0. The maximum Gasteiger partial charge on any atom is 0.240 e. The Kier molecular flexibility index (Phi) is 5.10. The van der Waals surface area contributed by atoms with Gasteiger partial charge in [0.25, 0.3) is 0 Å². The molecule has 0 fully saturated rings. The lowest BCUT2D eigenvalue weighted by Crippen LogP contribution is -2.29.